The number of benzene rings is 1. The number of methoxy groups -OCH3 is 1. The number of rotatable bonds is 5. The lowest BCUT2D eigenvalue weighted by Gasteiger charge is -2.15. The lowest BCUT2D eigenvalue weighted by Crippen LogP contribution is -2.09. The summed E-state index contributed by atoms with van der Waals surface area (Å²) in [5.41, 5.74) is 8.17. The zero-order valence-electron chi connectivity index (χ0n) is 9.86. The molecular formula is C13H21NO. The molecule has 1 aromatic carbocycles. The predicted molar refractivity (Wildman–Crippen MR) is 64.0 cm³/mol. The highest BCUT2D eigenvalue weighted by Crippen LogP contribution is 2.22. The molecule has 15 heavy (non-hydrogen) atoms. The van der Waals surface area contributed by atoms with Gasteiger partial charge in [-0.15, -0.1) is 0 Å². The summed E-state index contributed by atoms with van der Waals surface area (Å²) in [6, 6.07) is 8.57. The summed E-state index contributed by atoms with van der Waals surface area (Å²) in [6.45, 7) is 4.97. The van der Waals surface area contributed by atoms with Crippen LogP contribution in [0.1, 0.15) is 43.4 Å². The average Bonchev–Trinajstić information content (AvgIpc) is 2.30. The fourth-order valence-electron chi connectivity index (χ4n) is 1.71. The van der Waals surface area contributed by atoms with Crippen molar-refractivity contribution in [3.63, 3.8) is 0 Å². The van der Waals surface area contributed by atoms with Crippen LogP contribution in [-0.2, 0) is 4.74 Å². The van der Waals surface area contributed by atoms with Crippen molar-refractivity contribution in [3.8, 4) is 0 Å². The van der Waals surface area contributed by atoms with Crippen molar-refractivity contribution in [2.75, 3.05) is 13.7 Å². The van der Waals surface area contributed by atoms with Crippen LogP contribution in [0.2, 0.25) is 0 Å². The Balaban J connectivity index is 2.79. The van der Waals surface area contributed by atoms with Crippen molar-refractivity contribution >= 4 is 0 Å². The molecule has 1 rings (SSSR count). The lowest BCUT2D eigenvalue weighted by molar-refractivity contribution is 0.100. The van der Waals surface area contributed by atoms with Gasteiger partial charge >= 0.3 is 0 Å². The minimum atomic E-state index is 0.215. The minimum Gasteiger partial charge on any atom is -0.377 e. The fourth-order valence-corrected chi connectivity index (χ4v) is 1.71. The zero-order chi connectivity index (χ0) is 11.3. The topological polar surface area (TPSA) is 35.2 Å². The normalized spacial score (nSPS) is 14.9. The molecule has 2 N–H and O–H groups in total. The molecule has 0 saturated heterocycles. The van der Waals surface area contributed by atoms with Crippen molar-refractivity contribution in [1.82, 2.24) is 0 Å². The average molecular weight is 207 g/mol. The molecule has 2 nitrogen and oxygen atoms in total. The van der Waals surface area contributed by atoms with Gasteiger partial charge < -0.3 is 10.5 Å². The zero-order valence-corrected chi connectivity index (χ0v) is 9.86. The summed E-state index contributed by atoms with van der Waals surface area (Å²) in [4.78, 5) is 0. The van der Waals surface area contributed by atoms with Crippen molar-refractivity contribution in [2.45, 2.75) is 32.3 Å². The van der Waals surface area contributed by atoms with Crippen molar-refractivity contribution < 1.29 is 4.74 Å². The van der Waals surface area contributed by atoms with Crippen LogP contribution in [-0.4, -0.2) is 13.7 Å². The summed E-state index contributed by atoms with van der Waals surface area (Å²) in [7, 11) is 1.75. The molecule has 0 aliphatic carbocycles. The maximum absolute atomic E-state index is 5.63. The van der Waals surface area contributed by atoms with Gasteiger partial charge in [0.2, 0.25) is 0 Å². The molecule has 0 amide bonds. The highest BCUT2D eigenvalue weighted by atomic mass is 16.5. The van der Waals surface area contributed by atoms with Gasteiger partial charge in [-0.05, 0) is 30.0 Å². The Morgan fingerprint density at radius 2 is 1.73 bits per heavy atom. The molecule has 0 aliphatic rings. The third kappa shape index (κ3) is 3.05. The van der Waals surface area contributed by atoms with Gasteiger partial charge in [0.05, 0.1) is 6.10 Å². The third-order valence-corrected chi connectivity index (χ3v) is 2.89. The van der Waals surface area contributed by atoms with Gasteiger partial charge in [-0.25, -0.2) is 0 Å². The van der Waals surface area contributed by atoms with E-state index in [9.17, 15) is 0 Å². The Bertz CT molecular complexity index is 277. The summed E-state index contributed by atoms with van der Waals surface area (Å²) in [5, 5.41) is 0. The molecule has 0 aliphatic heterocycles. The Labute approximate surface area is 92.4 Å². The van der Waals surface area contributed by atoms with Crippen LogP contribution < -0.4 is 5.73 Å². The molecule has 2 heteroatoms. The van der Waals surface area contributed by atoms with Crippen LogP contribution in [0.3, 0.4) is 0 Å². The van der Waals surface area contributed by atoms with Gasteiger partial charge in [-0.1, -0.05) is 38.1 Å². The maximum atomic E-state index is 5.63. The summed E-state index contributed by atoms with van der Waals surface area (Å²) in [5.74, 6) is 0.432. The van der Waals surface area contributed by atoms with Crippen LogP contribution in [0.25, 0.3) is 0 Å². The highest BCUT2D eigenvalue weighted by Gasteiger charge is 2.08. The van der Waals surface area contributed by atoms with Gasteiger partial charge in [0, 0.05) is 7.11 Å². The summed E-state index contributed by atoms with van der Waals surface area (Å²) < 4.78 is 5.39. The van der Waals surface area contributed by atoms with E-state index in [1.54, 1.807) is 7.11 Å². The van der Waals surface area contributed by atoms with Gasteiger partial charge in [0.1, 0.15) is 0 Å². The van der Waals surface area contributed by atoms with E-state index in [0.717, 1.165) is 6.42 Å². The van der Waals surface area contributed by atoms with Crippen LogP contribution >= 0.6 is 0 Å². The second-order valence-corrected chi connectivity index (χ2v) is 3.94. The molecule has 0 radical (unpaired) electrons. The molecule has 0 aromatic heterocycles. The van der Waals surface area contributed by atoms with E-state index in [4.69, 9.17) is 10.5 Å². The first kappa shape index (κ1) is 12.2. The fraction of sp³-hybridized carbons (Fsp3) is 0.538. The number of ether oxygens (including phenoxy) is 1. The van der Waals surface area contributed by atoms with E-state index < -0.39 is 0 Å². The SMILES string of the molecule is CC[C@H](OC)c1ccc([C@H](C)CN)cc1. The quantitative estimate of drug-likeness (QED) is 0.805. The monoisotopic (exact) mass is 207 g/mol. The Morgan fingerprint density at radius 3 is 2.13 bits per heavy atom. The minimum absolute atomic E-state index is 0.215. The van der Waals surface area contributed by atoms with E-state index in [1.807, 2.05) is 0 Å². The molecular weight excluding hydrogens is 186 g/mol. The number of nitrogens with two attached hydrogens (primary N) is 1. The highest BCUT2D eigenvalue weighted by molar-refractivity contribution is 5.26. The first-order valence-corrected chi connectivity index (χ1v) is 5.55. The third-order valence-electron chi connectivity index (χ3n) is 2.89. The standard InChI is InChI=1S/C13H21NO/c1-4-13(15-3)12-7-5-11(6-8-12)10(2)9-14/h5-8,10,13H,4,9,14H2,1-3H3/t10-,13+/m1/s1. The van der Waals surface area contributed by atoms with E-state index in [2.05, 4.69) is 38.1 Å². The Morgan fingerprint density at radius 1 is 1.20 bits per heavy atom. The van der Waals surface area contributed by atoms with Crippen LogP contribution in [0.4, 0.5) is 0 Å². The van der Waals surface area contributed by atoms with Crippen molar-refractivity contribution in [3.05, 3.63) is 35.4 Å². The molecule has 2 atom stereocenters. The van der Waals surface area contributed by atoms with Crippen molar-refractivity contribution in [2.24, 2.45) is 5.73 Å². The van der Waals surface area contributed by atoms with E-state index in [1.165, 1.54) is 11.1 Å². The second kappa shape index (κ2) is 5.89. The first-order chi connectivity index (χ1) is 7.22. The van der Waals surface area contributed by atoms with Crippen LogP contribution in [0.5, 0.6) is 0 Å². The van der Waals surface area contributed by atoms with Crippen LogP contribution in [0, 0.1) is 0 Å². The van der Waals surface area contributed by atoms with E-state index >= 15 is 0 Å². The first-order valence-electron chi connectivity index (χ1n) is 5.55. The molecule has 0 fully saturated rings. The molecule has 1 aromatic rings. The Hall–Kier alpha value is -0.860. The maximum Gasteiger partial charge on any atom is 0.0818 e. The van der Waals surface area contributed by atoms with Crippen molar-refractivity contribution in [1.29, 1.82) is 0 Å². The number of hydrogen-bond acceptors (Lipinski definition) is 2. The van der Waals surface area contributed by atoms with Gasteiger partial charge in [0.25, 0.3) is 0 Å². The second-order valence-electron chi connectivity index (χ2n) is 3.94. The summed E-state index contributed by atoms with van der Waals surface area (Å²) >= 11 is 0. The van der Waals surface area contributed by atoms with Crippen LogP contribution in [0.15, 0.2) is 24.3 Å². The Kier molecular flexibility index (Phi) is 4.79. The molecule has 0 unspecified atom stereocenters. The van der Waals surface area contributed by atoms with Gasteiger partial charge in [-0.2, -0.15) is 0 Å². The largest absolute Gasteiger partial charge is 0.377 e. The predicted octanol–water partition coefficient (Wildman–Crippen LogP) is 2.85. The van der Waals surface area contributed by atoms with E-state index in [-0.39, 0.29) is 6.10 Å². The molecule has 0 heterocycles. The summed E-state index contributed by atoms with van der Waals surface area (Å²) in [6.07, 6.45) is 1.22. The molecule has 0 spiro atoms. The molecule has 0 saturated carbocycles. The molecule has 0 bridgehead atoms. The van der Waals surface area contributed by atoms with E-state index in [0.29, 0.717) is 12.5 Å². The molecule has 84 valence electrons. The smallest absolute Gasteiger partial charge is 0.0818 e. The lowest BCUT2D eigenvalue weighted by atomic mass is 9.98. The van der Waals surface area contributed by atoms with Gasteiger partial charge in [0.15, 0.2) is 0 Å². The van der Waals surface area contributed by atoms with Gasteiger partial charge in [-0.3, -0.25) is 0 Å². The number of hydrogen-bond donors (Lipinski definition) is 1.